The van der Waals surface area contributed by atoms with Crippen LogP contribution in [-0.2, 0) is 5.41 Å². The molecule has 0 aromatic heterocycles. The van der Waals surface area contributed by atoms with Gasteiger partial charge in [0.2, 0.25) is 0 Å². The molecule has 15 rings (SSSR count). The van der Waals surface area contributed by atoms with Crippen molar-refractivity contribution < 1.29 is 9.47 Å². The lowest BCUT2D eigenvalue weighted by Gasteiger charge is -2.33. The lowest BCUT2D eigenvalue weighted by Crippen LogP contribution is -2.16. The molecule has 0 bridgehead atoms. The van der Waals surface area contributed by atoms with Crippen molar-refractivity contribution in [2.75, 3.05) is 9.80 Å². The first kappa shape index (κ1) is 41.4. The van der Waals surface area contributed by atoms with Crippen LogP contribution < -0.4 is 19.3 Å². The number of hydrogen-bond acceptors (Lipinski definition) is 4. The second kappa shape index (κ2) is 15.8. The molecule has 0 spiro atoms. The van der Waals surface area contributed by atoms with E-state index in [0.717, 1.165) is 78.8 Å². The molecule has 1 aliphatic carbocycles. The average molecular weight is 935 g/mol. The van der Waals surface area contributed by atoms with E-state index in [1.54, 1.807) is 0 Å². The molecule has 2 heterocycles. The van der Waals surface area contributed by atoms with Crippen LogP contribution in [0.15, 0.2) is 243 Å². The van der Waals surface area contributed by atoms with Crippen LogP contribution in [0.4, 0.5) is 34.1 Å². The number of ether oxygens (including phenoxy) is 2. The molecule has 344 valence electrons. The number of anilines is 6. The van der Waals surface area contributed by atoms with Gasteiger partial charge >= 0.3 is 0 Å². The molecule has 0 saturated carbocycles. The Balaban J connectivity index is 1.01. The minimum absolute atomic E-state index is 0.0483. The Bertz CT molecular complexity index is 4170. The highest BCUT2D eigenvalue weighted by Gasteiger charge is 2.35. The van der Waals surface area contributed by atoms with Gasteiger partial charge in [0.1, 0.15) is 0 Å². The van der Waals surface area contributed by atoms with Crippen molar-refractivity contribution in [2.24, 2.45) is 0 Å². The summed E-state index contributed by atoms with van der Waals surface area (Å²) >= 11 is 0. The summed E-state index contributed by atoms with van der Waals surface area (Å²) in [5.74, 6) is 3.30. The summed E-state index contributed by atoms with van der Waals surface area (Å²) in [6.07, 6.45) is 0. The van der Waals surface area contributed by atoms with Gasteiger partial charge in [-0.2, -0.15) is 0 Å². The van der Waals surface area contributed by atoms with Crippen molar-refractivity contribution in [3.63, 3.8) is 0 Å². The van der Waals surface area contributed by atoms with Gasteiger partial charge in [-0.1, -0.05) is 178 Å². The summed E-state index contributed by atoms with van der Waals surface area (Å²) in [6.45, 7) is 4.69. The van der Waals surface area contributed by atoms with E-state index in [9.17, 15) is 0 Å². The lowest BCUT2D eigenvalue weighted by atomic mass is 9.82. The maximum atomic E-state index is 6.54. The molecule has 3 aliphatic rings. The van der Waals surface area contributed by atoms with Crippen molar-refractivity contribution in [1.29, 1.82) is 0 Å². The summed E-state index contributed by atoms with van der Waals surface area (Å²) in [5.41, 5.74) is 18.6. The van der Waals surface area contributed by atoms with Gasteiger partial charge < -0.3 is 19.3 Å². The molecule has 0 fully saturated rings. The second-order valence-electron chi connectivity index (χ2n) is 20.0. The SMILES string of the molecule is CC1(C)c2ccccc2-c2cc(-c3ccc(-c4c5cc(N6c7ccccc7Oc7ccccc76)ccc5c(-c5cccc6ccccc56)c5cc(N6c7ccccc7Oc7ccccc76)ccc45)cc3)ccc21. The standard InChI is InChI=1S/C69H46N2O2/c1-69(2)57-21-6-5-19-50(57)54-40-46(34-39-58(54)69)43-30-32-45(33-31-43)67-52-37-35-48(71-61-24-9-13-28-65(61)73-66-29-14-10-25-62(66)71)42-56(52)68(51-20-15-17-44-16-3-4-18-49(44)51)53-38-36-47(41-55(53)67)70-59-22-7-11-26-63(59)72-64-27-12-8-23-60(64)70/h3-42H,1-2H3. The summed E-state index contributed by atoms with van der Waals surface area (Å²) in [6, 6.07) is 88.2. The van der Waals surface area contributed by atoms with Crippen LogP contribution in [-0.4, -0.2) is 0 Å². The molecule has 12 aromatic carbocycles. The van der Waals surface area contributed by atoms with E-state index >= 15 is 0 Å². The fourth-order valence-corrected chi connectivity index (χ4v) is 12.2. The third-order valence-electron chi connectivity index (χ3n) is 15.6. The van der Waals surface area contributed by atoms with Crippen molar-refractivity contribution in [2.45, 2.75) is 19.3 Å². The predicted octanol–water partition coefficient (Wildman–Crippen LogP) is 19.6. The summed E-state index contributed by atoms with van der Waals surface area (Å²) in [5, 5.41) is 7.06. The second-order valence-corrected chi connectivity index (χ2v) is 20.0. The Kier molecular flexibility index (Phi) is 8.97. The largest absolute Gasteiger partial charge is 0.453 e. The van der Waals surface area contributed by atoms with E-state index in [1.165, 1.54) is 66.2 Å². The first-order valence-electron chi connectivity index (χ1n) is 25.2. The summed E-state index contributed by atoms with van der Waals surface area (Å²) in [4.78, 5) is 4.71. The third kappa shape index (κ3) is 6.27. The van der Waals surface area contributed by atoms with Gasteiger partial charge in [0.25, 0.3) is 0 Å². The van der Waals surface area contributed by atoms with Crippen LogP contribution in [0.2, 0.25) is 0 Å². The molecule has 0 radical (unpaired) electrons. The minimum Gasteiger partial charge on any atom is -0.453 e. The van der Waals surface area contributed by atoms with E-state index < -0.39 is 0 Å². The first-order valence-corrected chi connectivity index (χ1v) is 25.2. The Morgan fingerprint density at radius 1 is 0.301 bits per heavy atom. The zero-order valence-electron chi connectivity index (χ0n) is 40.3. The number of rotatable bonds is 5. The van der Waals surface area contributed by atoms with Crippen LogP contribution in [0.3, 0.4) is 0 Å². The van der Waals surface area contributed by atoms with E-state index in [0.29, 0.717) is 0 Å². The molecular weight excluding hydrogens is 889 g/mol. The highest BCUT2D eigenvalue weighted by Crippen LogP contribution is 2.56. The molecule has 73 heavy (non-hydrogen) atoms. The van der Waals surface area contributed by atoms with Crippen molar-refractivity contribution in [3.05, 3.63) is 254 Å². The van der Waals surface area contributed by atoms with Crippen molar-refractivity contribution in [1.82, 2.24) is 0 Å². The number of nitrogens with zero attached hydrogens (tertiary/aromatic N) is 2. The topological polar surface area (TPSA) is 24.9 Å². The number of benzene rings is 12. The fraction of sp³-hybridized carbons (Fsp3) is 0.0435. The van der Waals surface area contributed by atoms with Gasteiger partial charge in [-0.25, -0.2) is 0 Å². The minimum atomic E-state index is -0.0483. The third-order valence-corrected chi connectivity index (χ3v) is 15.6. The monoisotopic (exact) mass is 934 g/mol. The molecule has 4 nitrogen and oxygen atoms in total. The molecule has 0 atom stereocenters. The van der Waals surface area contributed by atoms with Crippen LogP contribution >= 0.6 is 0 Å². The van der Waals surface area contributed by atoms with Crippen LogP contribution in [0.5, 0.6) is 23.0 Å². The van der Waals surface area contributed by atoms with Crippen LogP contribution in [0.1, 0.15) is 25.0 Å². The molecule has 2 aliphatic heterocycles. The number of hydrogen-bond donors (Lipinski definition) is 0. The quantitative estimate of drug-likeness (QED) is 0.161. The van der Waals surface area contributed by atoms with Crippen molar-refractivity contribution in [3.8, 4) is 67.5 Å². The Labute approximate surface area is 424 Å². The van der Waals surface area contributed by atoms with Crippen LogP contribution in [0.25, 0.3) is 76.8 Å². The fourth-order valence-electron chi connectivity index (χ4n) is 12.2. The maximum Gasteiger partial charge on any atom is 0.151 e. The molecule has 12 aromatic rings. The molecule has 4 heteroatoms. The number of fused-ring (bicyclic) bond motifs is 10. The van der Waals surface area contributed by atoms with E-state index in [2.05, 4.69) is 242 Å². The molecule has 0 unspecified atom stereocenters. The zero-order chi connectivity index (χ0) is 48.4. The summed E-state index contributed by atoms with van der Waals surface area (Å²) < 4.78 is 13.1. The van der Waals surface area contributed by atoms with Crippen molar-refractivity contribution >= 4 is 66.4 Å². The zero-order valence-corrected chi connectivity index (χ0v) is 40.3. The van der Waals surface area contributed by atoms with Gasteiger partial charge in [0.15, 0.2) is 23.0 Å². The molecule has 0 N–H and O–H groups in total. The Morgan fingerprint density at radius 2 is 0.753 bits per heavy atom. The van der Waals surface area contributed by atoms with E-state index in [4.69, 9.17) is 9.47 Å². The Morgan fingerprint density at radius 3 is 1.37 bits per heavy atom. The molecule has 0 amide bonds. The maximum absolute atomic E-state index is 6.54. The predicted molar refractivity (Wildman–Crippen MR) is 302 cm³/mol. The summed E-state index contributed by atoms with van der Waals surface area (Å²) in [7, 11) is 0. The highest BCUT2D eigenvalue weighted by atomic mass is 16.5. The van der Waals surface area contributed by atoms with E-state index in [1.807, 2.05) is 24.3 Å². The van der Waals surface area contributed by atoms with Gasteiger partial charge in [-0.15, -0.1) is 0 Å². The number of para-hydroxylation sites is 8. The normalized spacial score (nSPS) is 13.6. The Hall–Kier alpha value is -9.38. The highest BCUT2D eigenvalue weighted by molar-refractivity contribution is 6.25. The smallest absolute Gasteiger partial charge is 0.151 e. The first-order chi connectivity index (χ1) is 36.0. The van der Waals surface area contributed by atoms with Gasteiger partial charge in [-0.05, 0) is 167 Å². The van der Waals surface area contributed by atoms with E-state index in [-0.39, 0.29) is 5.41 Å². The van der Waals surface area contributed by atoms with Gasteiger partial charge in [0, 0.05) is 16.8 Å². The molecular formula is C69H46N2O2. The average Bonchev–Trinajstić information content (AvgIpc) is 3.68. The van der Waals surface area contributed by atoms with Crippen LogP contribution in [0, 0.1) is 0 Å². The van der Waals surface area contributed by atoms with Gasteiger partial charge in [-0.3, -0.25) is 0 Å². The van der Waals surface area contributed by atoms with Gasteiger partial charge in [0.05, 0.1) is 22.7 Å². The lowest BCUT2D eigenvalue weighted by molar-refractivity contribution is 0.477. The molecule has 0 saturated heterocycles.